The van der Waals surface area contributed by atoms with Gasteiger partial charge in [-0.05, 0) is 19.1 Å². The molecule has 0 aliphatic carbocycles. The maximum Gasteiger partial charge on any atom is 0.223 e. The SMILES string of the molecule is CC(O)CN1CCN(C(=O)CCc2ccc(-c3ccccc3)o2)CC1. The number of furan rings is 1. The second-order valence-corrected chi connectivity index (χ2v) is 6.66. The van der Waals surface area contributed by atoms with Gasteiger partial charge in [-0.25, -0.2) is 0 Å². The molecule has 0 bridgehead atoms. The van der Waals surface area contributed by atoms with Crippen LogP contribution in [0.15, 0.2) is 46.9 Å². The van der Waals surface area contributed by atoms with Gasteiger partial charge in [-0.2, -0.15) is 0 Å². The van der Waals surface area contributed by atoms with E-state index in [-0.39, 0.29) is 12.0 Å². The fourth-order valence-electron chi connectivity index (χ4n) is 3.21. The number of aliphatic hydroxyl groups excluding tert-OH is 1. The maximum atomic E-state index is 12.4. The molecule has 134 valence electrons. The van der Waals surface area contributed by atoms with Gasteiger partial charge in [0.05, 0.1) is 6.10 Å². The van der Waals surface area contributed by atoms with Crippen molar-refractivity contribution in [2.24, 2.45) is 0 Å². The number of aliphatic hydroxyl groups is 1. The lowest BCUT2D eigenvalue weighted by atomic mass is 10.2. The van der Waals surface area contributed by atoms with E-state index in [0.29, 0.717) is 19.4 Å². The smallest absolute Gasteiger partial charge is 0.223 e. The Morgan fingerprint density at radius 2 is 1.84 bits per heavy atom. The number of nitrogens with zero attached hydrogens (tertiary/aromatic N) is 2. The zero-order valence-corrected chi connectivity index (χ0v) is 14.7. The van der Waals surface area contributed by atoms with Crippen LogP contribution in [0.4, 0.5) is 0 Å². The van der Waals surface area contributed by atoms with Crippen molar-refractivity contribution in [3.05, 3.63) is 48.2 Å². The number of aryl methyl sites for hydroxylation is 1. The number of carbonyl (C=O) groups excluding carboxylic acids is 1. The number of hydrogen-bond acceptors (Lipinski definition) is 4. The molecule has 1 aliphatic heterocycles. The van der Waals surface area contributed by atoms with E-state index in [0.717, 1.165) is 43.3 Å². The van der Waals surface area contributed by atoms with E-state index in [1.807, 2.05) is 47.4 Å². The first-order valence-corrected chi connectivity index (χ1v) is 8.94. The third kappa shape index (κ3) is 4.94. The molecule has 0 saturated carbocycles. The summed E-state index contributed by atoms with van der Waals surface area (Å²) in [5.41, 5.74) is 1.05. The largest absolute Gasteiger partial charge is 0.461 e. The van der Waals surface area contributed by atoms with Gasteiger partial charge in [0, 0.05) is 51.1 Å². The van der Waals surface area contributed by atoms with Gasteiger partial charge in [-0.1, -0.05) is 30.3 Å². The van der Waals surface area contributed by atoms with Crippen molar-refractivity contribution in [1.29, 1.82) is 0 Å². The Hall–Kier alpha value is -2.11. The minimum Gasteiger partial charge on any atom is -0.461 e. The molecule has 2 aromatic rings. The van der Waals surface area contributed by atoms with Crippen LogP contribution in [0.5, 0.6) is 0 Å². The molecule has 0 spiro atoms. The van der Waals surface area contributed by atoms with Gasteiger partial charge in [0.2, 0.25) is 5.91 Å². The van der Waals surface area contributed by atoms with E-state index in [4.69, 9.17) is 4.42 Å². The van der Waals surface area contributed by atoms with Crippen LogP contribution in [0.25, 0.3) is 11.3 Å². The number of benzene rings is 1. The molecule has 5 nitrogen and oxygen atoms in total. The normalized spacial score (nSPS) is 16.8. The molecule has 1 aliphatic rings. The summed E-state index contributed by atoms with van der Waals surface area (Å²) >= 11 is 0. The minimum atomic E-state index is -0.319. The van der Waals surface area contributed by atoms with Crippen LogP contribution in [-0.4, -0.2) is 59.6 Å². The molecular formula is C20H26N2O3. The van der Waals surface area contributed by atoms with Crippen LogP contribution in [0.1, 0.15) is 19.1 Å². The van der Waals surface area contributed by atoms with Crippen molar-refractivity contribution in [3.8, 4) is 11.3 Å². The molecule has 1 aromatic carbocycles. The van der Waals surface area contributed by atoms with Crippen LogP contribution < -0.4 is 0 Å². The zero-order valence-electron chi connectivity index (χ0n) is 14.7. The maximum absolute atomic E-state index is 12.4. The Labute approximate surface area is 148 Å². The molecule has 1 N–H and O–H groups in total. The second kappa shape index (κ2) is 8.32. The minimum absolute atomic E-state index is 0.175. The second-order valence-electron chi connectivity index (χ2n) is 6.66. The summed E-state index contributed by atoms with van der Waals surface area (Å²) in [6.45, 7) is 5.60. The Balaban J connectivity index is 1.46. The van der Waals surface area contributed by atoms with Crippen molar-refractivity contribution in [1.82, 2.24) is 9.80 Å². The van der Waals surface area contributed by atoms with Gasteiger partial charge >= 0.3 is 0 Å². The van der Waals surface area contributed by atoms with Gasteiger partial charge in [0.1, 0.15) is 11.5 Å². The molecule has 5 heteroatoms. The lowest BCUT2D eigenvalue weighted by molar-refractivity contribution is -0.133. The van der Waals surface area contributed by atoms with Crippen LogP contribution in [0, 0.1) is 0 Å². The third-order valence-corrected chi connectivity index (χ3v) is 4.55. The molecule has 1 unspecified atom stereocenters. The summed E-state index contributed by atoms with van der Waals surface area (Å²) in [7, 11) is 0. The highest BCUT2D eigenvalue weighted by molar-refractivity contribution is 5.76. The van der Waals surface area contributed by atoms with E-state index in [1.54, 1.807) is 6.92 Å². The van der Waals surface area contributed by atoms with Crippen molar-refractivity contribution >= 4 is 5.91 Å². The third-order valence-electron chi connectivity index (χ3n) is 4.55. The first-order chi connectivity index (χ1) is 12.1. The first kappa shape index (κ1) is 17.7. The summed E-state index contributed by atoms with van der Waals surface area (Å²) in [6.07, 6.45) is 0.776. The van der Waals surface area contributed by atoms with Crippen LogP contribution >= 0.6 is 0 Å². The molecular weight excluding hydrogens is 316 g/mol. The topological polar surface area (TPSA) is 56.9 Å². The van der Waals surface area contributed by atoms with Gasteiger partial charge in [-0.3, -0.25) is 9.69 Å². The molecule has 25 heavy (non-hydrogen) atoms. The van der Waals surface area contributed by atoms with Crippen molar-refractivity contribution in [3.63, 3.8) is 0 Å². The predicted octanol–water partition coefficient (Wildman–Crippen LogP) is 2.40. The Bertz CT molecular complexity index is 673. The molecule has 0 radical (unpaired) electrons. The first-order valence-electron chi connectivity index (χ1n) is 8.94. The molecule has 1 amide bonds. The van der Waals surface area contributed by atoms with Crippen molar-refractivity contribution in [2.45, 2.75) is 25.9 Å². The predicted molar refractivity (Wildman–Crippen MR) is 97.2 cm³/mol. The number of β-amino-alcohol motifs (C(OH)–C–C–N with tert-alkyl or cyclic N) is 1. The molecule has 1 aromatic heterocycles. The summed E-state index contributed by atoms with van der Waals surface area (Å²) < 4.78 is 5.86. The lowest BCUT2D eigenvalue weighted by Gasteiger charge is -2.35. The number of amides is 1. The molecule has 3 rings (SSSR count). The van der Waals surface area contributed by atoms with Crippen molar-refractivity contribution < 1.29 is 14.3 Å². The van der Waals surface area contributed by atoms with Crippen LogP contribution in [0.2, 0.25) is 0 Å². The van der Waals surface area contributed by atoms with E-state index in [9.17, 15) is 9.90 Å². The van der Waals surface area contributed by atoms with E-state index in [2.05, 4.69) is 4.90 Å². The van der Waals surface area contributed by atoms with Gasteiger partial charge < -0.3 is 14.4 Å². The Kier molecular flexibility index (Phi) is 5.89. The quantitative estimate of drug-likeness (QED) is 0.876. The Morgan fingerprint density at radius 1 is 1.12 bits per heavy atom. The number of piperazine rings is 1. The average Bonchev–Trinajstić information content (AvgIpc) is 3.10. The number of rotatable bonds is 6. The van der Waals surface area contributed by atoms with Gasteiger partial charge in [0.25, 0.3) is 0 Å². The standard InChI is InChI=1S/C20H26N2O3/c1-16(23)15-21-11-13-22(14-12-21)20(24)10-8-18-7-9-19(25-18)17-5-3-2-4-6-17/h2-7,9,16,23H,8,10-15H2,1H3. The summed E-state index contributed by atoms with van der Waals surface area (Å²) in [6, 6.07) is 13.9. The summed E-state index contributed by atoms with van der Waals surface area (Å²) in [5.74, 6) is 1.86. The monoisotopic (exact) mass is 342 g/mol. The fraction of sp³-hybridized carbons (Fsp3) is 0.450. The highest BCUT2D eigenvalue weighted by Gasteiger charge is 2.21. The lowest BCUT2D eigenvalue weighted by Crippen LogP contribution is -2.50. The van der Waals surface area contributed by atoms with E-state index >= 15 is 0 Å². The van der Waals surface area contributed by atoms with Crippen molar-refractivity contribution in [2.75, 3.05) is 32.7 Å². The molecule has 1 atom stereocenters. The molecule has 1 saturated heterocycles. The summed E-state index contributed by atoms with van der Waals surface area (Å²) in [4.78, 5) is 16.5. The van der Waals surface area contributed by atoms with E-state index < -0.39 is 0 Å². The molecule has 2 heterocycles. The average molecular weight is 342 g/mol. The van der Waals surface area contributed by atoms with E-state index in [1.165, 1.54) is 0 Å². The van der Waals surface area contributed by atoms with Crippen LogP contribution in [-0.2, 0) is 11.2 Å². The highest BCUT2D eigenvalue weighted by atomic mass is 16.3. The molecule has 1 fully saturated rings. The van der Waals surface area contributed by atoms with Gasteiger partial charge in [0.15, 0.2) is 0 Å². The van der Waals surface area contributed by atoms with Gasteiger partial charge in [-0.15, -0.1) is 0 Å². The highest BCUT2D eigenvalue weighted by Crippen LogP contribution is 2.22. The number of hydrogen-bond donors (Lipinski definition) is 1. The number of carbonyl (C=O) groups is 1. The summed E-state index contributed by atoms with van der Waals surface area (Å²) in [5, 5.41) is 9.44. The zero-order chi connectivity index (χ0) is 17.6. The fourth-order valence-corrected chi connectivity index (χ4v) is 3.21. The Morgan fingerprint density at radius 3 is 2.52 bits per heavy atom. The van der Waals surface area contributed by atoms with Crippen LogP contribution in [0.3, 0.4) is 0 Å².